The average Bonchev–Trinajstić information content (AvgIpc) is 3.83. The second kappa shape index (κ2) is 19.4. The van der Waals surface area contributed by atoms with Crippen molar-refractivity contribution < 1.29 is 28.8 Å². The zero-order valence-corrected chi connectivity index (χ0v) is 36.8. The van der Waals surface area contributed by atoms with Crippen LogP contribution in [-0.2, 0) is 28.8 Å². The summed E-state index contributed by atoms with van der Waals surface area (Å²) >= 11 is 1.33. The number of amidine groups is 1. The number of rotatable bonds is 12. The van der Waals surface area contributed by atoms with E-state index in [2.05, 4.69) is 31.6 Å². The number of nitrogens with one attached hydrogen (secondary N) is 5. The molecule has 0 radical (unpaired) electrons. The van der Waals surface area contributed by atoms with E-state index >= 15 is 0 Å². The topological polar surface area (TPSA) is 191 Å². The maximum Gasteiger partial charge on any atom is 0.246 e. The molecule has 8 atom stereocenters. The van der Waals surface area contributed by atoms with Crippen LogP contribution < -0.4 is 26.6 Å². The molecule has 4 rings (SSSR count). The van der Waals surface area contributed by atoms with E-state index in [1.54, 1.807) is 23.4 Å². The van der Waals surface area contributed by atoms with Crippen molar-refractivity contribution in [2.24, 2.45) is 27.7 Å². The smallest absolute Gasteiger partial charge is 0.246 e. The zero-order valence-electron chi connectivity index (χ0n) is 36.0. The first-order valence-corrected chi connectivity index (χ1v) is 21.3. The van der Waals surface area contributed by atoms with Crippen molar-refractivity contribution in [3.63, 3.8) is 0 Å². The lowest BCUT2D eigenvalue weighted by Gasteiger charge is -2.38. The Morgan fingerprint density at radius 3 is 2.21 bits per heavy atom. The summed E-state index contributed by atoms with van der Waals surface area (Å²) < 4.78 is 0. The van der Waals surface area contributed by atoms with Gasteiger partial charge in [-0.2, -0.15) is 0 Å². The predicted octanol–water partition coefficient (Wildman–Crippen LogP) is 4.28. The highest BCUT2D eigenvalue weighted by Gasteiger charge is 2.44. The maximum atomic E-state index is 14.8. The second-order valence-corrected chi connectivity index (χ2v) is 19.1. The van der Waals surface area contributed by atoms with Crippen LogP contribution in [0.3, 0.4) is 0 Å². The first kappa shape index (κ1) is 46.0. The van der Waals surface area contributed by atoms with Crippen LogP contribution in [-0.4, -0.2) is 94.3 Å². The number of fused-ring (bicyclic) bond motifs is 1. The molecule has 0 aliphatic carbocycles. The van der Waals surface area contributed by atoms with Gasteiger partial charge in [0.1, 0.15) is 40.8 Å². The molecule has 3 heterocycles. The van der Waals surface area contributed by atoms with E-state index in [1.165, 1.54) is 11.3 Å². The molecule has 2 fully saturated rings. The summed E-state index contributed by atoms with van der Waals surface area (Å²) in [5, 5.41) is 17.7. The molecular weight excluding hydrogens is 757 g/mol. The Kier molecular flexibility index (Phi) is 15.4. The number of aromatic nitrogens is 1. The summed E-state index contributed by atoms with van der Waals surface area (Å²) in [7, 11) is 0. The third-order valence-corrected chi connectivity index (χ3v) is 11.9. The van der Waals surface area contributed by atoms with E-state index in [0.29, 0.717) is 24.4 Å². The van der Waals surface area contributed by atoms with E-state index in [1.807, 2.05) is 99.6 Å². The van der Waals surface area contributed by atoms with Crippen molar-refractivity contribution in [1.29, 1.82) is 0 Å². The minimum absolute atomic E-state index is 0.0406. The number of aliphatic imine (C=N–C) groups is 1. The largest absolute Gasteiger partial charge is 0.363 e. The molecular formula is C43H64N8O6S. The van der Waals surface area contributed by atoms with Gasteiger partial charge >= 0.3 is 0 Å². The van der Waals surface area contributed by atoms with Gasteiger partial charge in [0, 0.05) is 36.9 Å². The van der Waals surface area contributed by atoms with Gasteiger partial charge in [0.25, 0.3) is 0 Å². The normalized spacial score (nSPS) is 23.6. The summed E-state index contributed by atoms with van der Waals surface area (Å²) in [5.74, 6) is -2.83. The van der Waals surface area contributed by atoms with E-state index in [4.69, 9.17) is 4.99 Å². The molecule has 5 amide bonds. The van der Waals surface area contributed by atoms with Crippen LogP contribution in [0.4, 0.5) is 0 Å². The third kappa shape index (κ3) is 11.5. The van der Waals surface area contributed by atoms with E-state index in [-0.39, 0.29) is 48.2 Å². The van der Waals surface area contributed by atoms with Crippen LogP contribution in [0.25, 0.3) is 0 Å². The fourth-order valence-electron chi connectivity index (χ4n) is 7.44. The summed E-state index contributed by atoms with van der Waals surface area (Å²) in [6.45, 7) is 20.7. The fraction of sp³-hybridized carbons (Fsp3) is 0.628. The molecule has 0 spiro atoms. The number of ketones is 1. The Hall–Kier alpha value is -4.66. The van der Waals surface area contributed by atoms with Gasteiger partial charge in [-0.3, -0.25) is 33.8 Å². The van der Waals surface area contributed by atoms with Gasteiger partial charge in [-0.15, -0.1) is 11.3 Å². The van der Waals surface area contributed by atoms with E-state index in [0.717, 1.165) is 5.56 Å². The highest BCUT2D eigenvalue weighted by molar-refractivity contribution is 7.09. The zero-order chi connectivity index (χ0) is 43.1. The number of nitrogens with zero attached hydrogens (tertiary/aromatic N) is 3. The molecule has 318 valence electrons. The third-order valence-electron chi connectivity index (χ3n) is 11.0. The Bertz CT molecular complexity index is 1800. The van der Waals surface area contributed by atoms with Crippen molar-refractivity contribution in [1.82, 2.24) is 36.5 Å². The molecule has 2 saturated heterocycles. The fourth-order valence-corrected chi connectivity index (χ4v) is 8.13. The lowest BCUT2D eigenvalue weighted by Crippen LogP contribution is -2.63. The first-order valence-electron chi connectivity index (χ1n) is 20.4. The second-order valence-electron chi connectivity index (χ2n) is 18.2. The van der Waals surface area contributed by atoms with Gasteiger partial charge in [0.05, 0.1) is 18.6 Å². The van der Waals surface area contributed by atoms with Crippen molar-refractivity contribution in [3.8, 4) is 0 Å². The number of hydrogen-bond acceptors (Lipinski definition) is 9. The van der Waals surface area contributed by atoms with Crippen molar-refractivity contribution in [3.05, 3.63) is 52.5 Å². The van der Waals surface area contributed by atoms with Gasteiger partial charge in [0.15, 0.2) is 0 Å². The highest BCUT2D eigenvalue weighted by atomic mass is 32.1. The SMILES string of the molecule is CCC(=O)C[C@@H](NC(=O)C(NC(=O)C(/N=C1\NCC(=O)N2CC[C@@H](C)[C@H]2C(=O)N[C@@H](C(C)C)C(=O)NC1C(C)(C)C)C(C)(C)C)[C@@H](C)c1ccccc1)c1nccs1. The Labute approximate surface area is 347 Å². The molecule has 1 aromatic heterocycles. The van der Waals surface area contributed by atoms with Crippen LogP contribution in [0.5, 0.6) is 0 Å². The van der Waals surface area contributed by atoms with Crippen LogP contribution in [0.15, 0.2) is 46.9 Å². The maximum absolute atomic E-state index is 14.8. The van der Waals surface area contributed by atoms with Gasteiger partial charge < -0.3 is 31.5 Å². The molecule has 58 heavy (non-hydrogen) atoms. The molecule has 14 nitrogen and oxygen atoms in total. The van der Waals surface area contributed by atoms with Gasteiger partial charge in [-0.1, -0.05) is 106 Å². The van der Waals surface area contributed by atoms with Crippen molar-refractivity contribution >= 4 is 52.5 Å². The van der Waals surface area contributed by atoms with E-state index < -0.39 is 70.7 Å². The number of hydrogen-bond donors (Lipinski definition) is 5. The Morgan fingerprint density at radius 1 is 0.966 bits per heavy atom. The molecule has 5 N–H and O–H groups in total. The lowest BCUT2D eigenvalue weighted by atomic mass is 9.83. The summed E-state index contributed by atoms with van der Waals surface area (Å²) in [6, 6.07) is 4.02. The minimum atomic E-state index is -1.12. The Morgan fingerprint density at radius 2 is 1.64 bits per heavy atom. The first-order chi connectivity index (χ1) is 27.1. The molecule has 1 aromatic carbocycles. The number of carbonyl (C=O) groups excluding carboxylic acids is 6. The molecule has 0 bridgehead atoms. The summed E-state index contributed by atoms with van der Waals surface area (Å²) in [4.78, 5) is 94.5. The molecule has 2 aliphatic rings. The van der Waals surface area contributed by atoms with Crippen LogP contribution in [0.1, 0.15) is 118 Å². The van der Waals surface area contributed by atoms with Crippen molar-refractivity contribution in [2.45, 2.75) is 138 Å². The van der Waals surface area contributed by atoms with Crippen LogP contribution in [0, 0.1) is 22.7 Å². The standard InChI is InChI=1S/C43H64N8O6S/c1-12-28(52)22-29(41-44-19-21-58-41)46-38(55)32(26(5)27-16-14-13-15-17-27)48-40(57)35(43(9,10)11)49-36-34(42(6,7)8)50-37(54)31(24(2)3)47-39(56)33-25(4)18-20-51(33)30(53)23-45-36/h13-17,19,21,24-26,29,31-35H,12,18,20,22-23H2,1-11H3,(H,45,49)(H,46,55)(H,47,56)(H,48,57)(H,50,54)/t25-,26+,29-,31+,32?,33+,34?,35?/m1/s1. The number of amides is 5. The van der Waals surface area contributed by atoms with Crippen LogP contribution in [0.2, 0.25) is 0 Å². The highest BCUT2D eigenvalue weighted by Crippen LogP contribution is 2.29. The molecule has 2 aliphatic heterocycles. The minimum Gasteiger partial charge on any atom is -0.363 e. The average molecular weight is 821 g/mol. The molecule has 15 heteroatoms. The van der Waals surface area contributed by atoms with Gasteiger partial charge in [-0.25, -0.2) is 4.98 Å². The van der Waals surface area contributed by atoms with Crippen molar-refractivity contribution in [2.75, 3.05) is 13.1 Å². The monoisotopic (exact) mass is 820 g/mol. The van der Waals surface area contributed by atoms with Gasteiger partial charge in [0.2, 0.25) is 29.5 Å². The van der Waals surface area contributed by atoms with E-state index in [9.17, 15) is 28.8 Å². The number of Topliss-reactive ketones (excluding diaryl/α,β-unsaturated/α-hetero) is 1. The quantitative estimate of drug-likeness (QED) is 0.210. The lowest BCUT2D eigenvalue weighted by molar-refractivity contribution is -0.140. The Balaban J connectivity index is 1.79. The number of benzene rings is 1. The summed E-state index contributed by atoms with van der Waals surface area (Å²) in [6.07, 6.45) is 2.61. The predicted molar refractivity (Wildman–Crippen MR) is 226 cm³/mol. The molecule has 0 saturated carbocycles. The van der Waals surface area contributed by atoms with Gasteiger partial charge in [-0.05, 0) is 34.7 Å². The molecule has 2 aromatic rings. The van der Waals surface area contributed by atoms with Crippen LogP contribution >= 0.6 is 11.3 Å². The molecule has 3 unspecified atom stereocenters. The number of thiazole rings is 1. The number of carbonyl (C=O) groups is 6. The summed E-state index contributed by atoms with van der Waals surface area (Å²) in [5.41, 5.74) is -0.695.